The van der Waals surface area contributed by atoms with Crippen LogP contribution in [0.25, 0.3) is 0 Å². The highest BCUT2D eigenvalue weighted by molar-refractivity contribution is 9.10. The van der Waals surface area contributed by atoms with Crippen LogP contribution in [0, 0.1) is 0 Å². The van der Waals surface area contributed by atoms with E-state index in [0.717, 1.165) is 14.3 Å². The Balaban J connectivity index is 1.72. The van der Waals surface area contributed by atoms with E-state index in [-0.39, 0.29) is 48.2 Å². The molecule has 0 aliphatic carbocycles. The predicted molar refractivity (Wildman–Crippen MR) is 136 cm³/mol. The summed E-state index contributed by atoms with van der Waals surface area (Å²) in [5, 5.41) is 2.90. The molecule has 0 bridgehead atoms. The van der Waals surface area contributed by atoms with Gasteiger partial charge in [-0.05, 0) is 63.9 Å². The van der Waals surface area contributed by atoms with Crippen LogP contribution in [0.1, 0.15) is 56.5 Å². The van der Waals surface area contributed by atoms with E-state index in [1.54, 1.807) is 19.1 Å². The quantitative estimate of drug-likeness (QED) is 0.527. The smallest absolute Gasteiger partial charge is 0.269 e. The van der Waals surface area contributed by atoms with Crippen molar-refractivity contribution in [3.63, 3.8) is 0 Å². The normalized spacial score (nSPS) is 15.5. The minimum Gasteiger partial charge on any atom is -0.350 e. The van der Waals surface area contributed by atoms with Crippen LogP contribution in [0.15, 0.2) is 57.9 Å². The average molecular weight is 565 g/mol. The number of halogens is 1. The number of hydrogen-bond acceptors (Lipinski definition) is 5. The maximum Gasteiger partial charge on any atom is 0.269 e. The highest BCUT2D eigenvalue weighted by Crippen LogP contribution is 2.30. The van der Waals surface area contributed by atoms with Crippen molar-refractivity contribution in [2.24, 2.45) is 0 Å². The molecule has 1 aliphatic heterocycles. The number of hydrogen-bond donors (Lipinski definition) is 1. The summed E-state index contributed by atoms with van der Waals surface area (Å²) in [5.41, 5.74) is 0.532. The van der Waals surface area contributed by atoms with Gasteiger partial charge in [0.1, 0.15) is 10.9 Å². The highest BCUT2D eigenvalue weighted by Gasteiger charge is 2.40. The van der Waals surface area contributed by atoms with Gasteiger partial charge in [0.2, 0.25) is 11.8 Å². The van der Waals surface area contributed by atoms with Crippen molar-refractivity contribution < 1.29 is 22.8 Å². The van der Waals surface area contributed by atoms with E-state index >= 15 is 0 Å². The molecule has 10 heteroatoms. The summed E-state index contributed by atoms with van der Waals surface area (Å²) in [6, 6.07) is 12.8. The zero-order valence-electron chi connectivity index (χ0n) is 20.2. The first-order valence-electron chi connectivity index (χ1n) is 11.3. The molecule has 0 aromatic heterocycles. The van der Waals surface area contributed by atoms with Crippen LogP contribution in [0.3, 0.4) is 0 Å². The van der Waals surface area contributed by atoms with Crippen molar-refractivity contribution in [1.82, 2.24) is 14.5 Å². The largest absolute Gasteiger partial charge is 0.350 e. The van der Waals surface area contributed by atoms with Crippen LogP contribution < -0.4 is 5.32 Å². The summed E-state index contributed by atoms with van der Waals surface area (Å²) in [6.07, 6.45) is 0.127. The molecule has 0 radical (unpaired) electrons. The number of nitrogens with one attached hydrogen (secondary N) is 1. The van der Waals surface area contributed by atoms with Crippen molar-refractivity contribution >= 4 is 43.7 Å². The Morgan fingerprint density at radius 3 is 2.31 bits per heavy atom. The van der Waals surface area contributed by atoms with E-state index in [1.165, 1.54) is 17.0 Å². The fraction of sp³-hybridized carbons (Fsp3) is 0.400. The van der Waals surface area contributed by atoms with Crippen molar-refractivity contribution in [1.29, 1.82) is 0 Å². The highest BCUT2D eigenvalue weighted by atomic mass is 79.9. The molecule has 8 nitrogen and oxygen atoms in total. The molecule has 0 spiro atoms. The van der Waals surface area contributed by atoms with Gasteiger partial charge in [0, 0.05) is 29.5 Å². The second-order valence-corrected chi connectivity index (χ2v) is 12.3. The molecular weight excluding hydrogens is 534 g/mol. The lowest BCUT2D eigenvalue weighted by Crippen LogP contribution is -2.52. The van der Waals surface area contributed by atoms with Crippen molar-refractivity contribution in [3.8, 4) is 0 Å². The molecule has 0 saturated heterocycles. The number of rotatable bonds is 8. The van der Waals surface area contributed by atoms with Crippen molar-refractivity contribution in [2.75, 3.05) is 6.54 Å². The van der Waals surface area contributed by atoms with Crippen LogP contribution in [0.4, 0.5) is 0 Å². The van der Waals surface area contributed by atoms with E-state index < -0.39 is 27.5 Å². The van der Waals surface area contributed by atoms with Gasteiger partial charge >= 0.3 is 0 Å². The zero-order valence-corrected chi connectivity index (χ0v) is 22.6. The van der Waals surface area contributed by atoms with Crippen LogP contribution in [0.5, 0.6) is 0 Å². The average Bonchev–Trinajstić information content (AvgIpc) is 2.97. The third-order valence-corrected chi connectivity index (χ3v) is 7.96. The molecule has 1 N–H and O–H groups in total. The van der Waals surface area contributed by atoms with E-state index in [2.05, 4.69) is 21.2 Å². The number of amides is 3. The molecule has 1 heterocycles. The SMILES string of the molecule is C[C@@H](C(=O)NC(C)(C)C)N(Cc1ccc(Br)cc1)C(=O)CCCN1C(=O)c2ccccc2S1(=O)=O. The third-order valence-electron chi connectivity index (χ3n) is 5.60. The van der Waals surface area contributed by atoms with Crippen LogP contribution in [0.2, 0.25) is 0 Å². The van der Waals surface area contributed by atoms with Gasteiger partial charge in [0.15, 0.2) is 0 Å². The number of nitrogens with zero attached hydrogens (tertiary/aromatic N) is 2. The standard InChI is InChI=1S/C25H30BrN3O5S/c1-17(23(31)27-25(2,3)4)28(16-18-11-13-19(26)14-12-18)22(30)10-7-15-29-24(32)20-8-5-6-9-21(20)35(29,33)34/h5-6,8-9,11-14,17H,7,10,15-16H2,1-4H3,(H,27,31)/t17-/m0/s1. The molecule has 35 heavy (non-hydrogen) atoms. The van der Waals surface area contributed by atoms with E-state index in [0.29, 0.717) is 0 Å². The lowest BCUT2D eigenvalue weighted by atomic mass is 10.1. The Hall–Kier alpha value is -2.72. The Labute approximate surface area is 214 Å². The van der Waals surface area contributed by atoms with Crippen molar-refractivity contribution in [2.45, 2.75) is 63.6 Å². The maximum atomic E-state index is 13.2. The molecule has 0 saturated carbocycles. The van der Waals surface area contributed by atoms with E-state index in [9.17, 15) is 22.8 Å². The topological polar surface area (TPSA) is 104 Å². The third kappa shape index (κ3) is 6.29. The molecule has 3 amide bonds. The number of sulfonamides is 1. The molecule has 1 atom stereocenters. The van der Waals surface area contributed by atoms with Gasteiger partial charge in [-0.25, -0.2) is 12.7 Å². The fourth-order valence-electron chi connectivity index (χ4n) is 3.81. The second-order valence-electron chi connectivity index (χ2n) is 9.55. The van der Waals surface area contributed by atoms with Gasteiger partial charge in [-0.2, -0.15) is 0 Å². The lowest BCUT2D eigenvalue weighted by molar-refractivity contribution is -0.141. The summed E-state index contributed by atoms with van der Waals surface area (Å²) >= 11 is 3.39. The number of carbonyl (C=O) groups is 3. The monoisotopic (exact) mass is 563 g/mol. The minimum atomic E-state index is -3.93. The first-order chi connectivity index (χ1) is 16.3. The maximum absolute atomic E-state index is 13.2. The molecule has 2 aromatic carbocycles. The number of carbonyl (C=O) groups excluding carboxylic acids is 3. The lowest BCUT2D eigenvalue weighted by Gasteiger charge is -2.31. The molecule has 1 aliphatic rings. The number of benzene rings is 2. The zero-order chi connectivity index (χ0) is 26.0. The molecular formula is C25H30BrN3O5S. The Bertz CT molecular complexity index is 1220. The van der Waals surface area contributed by atoms with Crippen molar-refractivity contribution in [3.05, 3.63) is 64.1 Å². The van der Waals surface area contributed by atoms with Crippen LogP contribution in [-0.4, -0.2) is 53.5 Å². The van der Waals surface area contributed by atoms with Gasteiger partial charge in [-0.3, -0.25) is 14.4 Å². The molecule has 0 unspecified atom stereocenters. The Kier molecular flexibility index (Phi) is 8.06. The van der Waals surface area contributed by atoms with Gasteiger partial charge in [0.05, 0.1) is 5.56 Å². The Morgan fingerprint density at radius 2 is 1.71 bits per heavy atom. The van der Waals surface area contributed by atoms with E-state index in [4.69, 9.17) is 0 Å². The summed E-state index contributed by atoms with van der Waals surface area (Å²) < 4.78 is 27.2. The molecule has 2 aromatic rings. The summed E-state index contributed by atoms with van der Waals surface area (Å²) in [4.78, 5) is 40.2. The molecule has 3 rings (SSSR count). The van der Waals surface area contributed by atoms with Gasteiger partial charge in [-0.1, -0.05) is 40.2 Å². The van der Waals surface area contributed by atoms with Crippen LogP contribution >= 0.6 is 15.9 Å². The van der Waals surface area contributed by atoms with Crippen LogP contribution in [-0.2, 0) is 26.2 Å². The van der Waals surface area contributed by atoms with Gasteiger partial charge in [0.25, 0.3) is 15.9 Å². The Morgan fingerprint density at radius 1 is 1.09 bits per heavy atom. The minimum absolute atomic E-state index is 0.0133. The second kappa shape index (κ2) is 10.5. The van der Waals surface area contributed by atoms with Gasteiger partial charge in [-0.15, -0.1) is 0 Å². The number of fused-ring (bicyclic) bond motifs is 1. The van der Waals surface area contributed by atoms with E-state index in [1.807, 2.05) is 45.0 Å². The summed E-state index contributed by atoms with van der Waals surface area (Å²) in [5.74, 6) is -1.17. The summed E-state index contributed by atoms with van der Waals surface area (Å²) in [6.45, 7) is 7.37. The fourth-order valence-corrected chi connectivity index (χ4v) is 5.68. The summed E-state index contributed by atoms with van der Waals surface area (Å²) in [7, 11) is -3.93. The van der Waals surface area contributed by atoms with Gasteiger partial charge < -0.3 is 10.2 Å². The first-order valence-corrected chi connectivity index (χ1v) is 13.6. The predicted octanol–water partition coefficient (Wildman–Crippen LogP) is 3.71. The molecule has 188 valence electrons. The molecule has 0 fully saturated rings. The first kappa shape index (κ1) is 26.9.